The Balaban J connectivity index is 1.35. The number of aromatic nitrogens is 1. The number of rotatable bonds is 10. The molecule has 6 heteroatoms. The van der Waals surface area contributed by atoms with Gasteiger partial charge in [0.2, 0.25) is 5.91 Å². The van der Waals surface area contributed by atoms with Crippen molar-refractivity contribution in [1.82, 2.24) is 10.3 Å². The van der Waals surface area contributed by atoms with Crippen molar-refractivity contribution in [3.05, 3.63) is 71.6 Å². The van der Waals surface area contributed by atoms with Gasteiger partial charge in [-0.2, -0.15) is 0 Å². The van der Waals surface area contributed by atoms with Crippen LogP contribution in [0, 0.1) is 23.7 Å². The van der Waals surface area contributed by atoms with Crippen molar-refractivity contribution in [2.24, 2.45) is 11.8 Å². The first-order chi connectivity index (χ1) is 17.5. The van der Waals surface area contributed by atoms with Gasteiger partial charge < -0.3 is 20.3 Å². The summed E-state index contributed by atoms with van der Waals surface area (Å²) in [6.07, 6.45) is 9.17. The van der Waals surface area contributed by atoms with Crippen LogP contribution < -0.4 is 10.1 Å². The zero-order chi connectivity index (χ0) is 25.5. The SMILES string of the molecule is CC#CC[C@@H](C)[C@H](O)C=C[C@@H]1[C@H]2c3cccc(CCCC(=O)NCc4ccncc4)c3O[C@H]2C[C@H]1O. The molecule has 0 radical (unpaired) electrons. The van der Waals surface area contributed by atoms with Crippen LogP contribution in [0.3, 0.4) is 0 Å². The summed E-state index contributed by atoms with van der Waals surface area (Å²) >= 11 is 0. The molecule has 1 aliphatic carbocycles. The largest absolute Gasteiger partial charge is 0.489 e. The molecule has 1 saturated carbocycles. The first-order valence-electron chi connectivity index (χ1n) is 12.9. The third-order valence-electron chi connectivity index (χ3n) is 7.29. The van der Waals surface area contributed by atoms with Gasteiger partial charge in [-0.15, -0.1) is 11.8 Å². The second-order valence-electron chi connectivity index (χ2n) is 9.87. The monoisotopic (exact) mass is 488 g/mol. The van der Waals surface area contributed by atoms with Crippen LogP contribution in [0.4, 0.5) is 0 Å². The molecule has 1 aromatic heterocycles. The summed E-state index contributed by atoms with van der Waals surface area (Å²) < 4.78 is 6.35. The number of nitrogens with zero attached hydrogens (tertiary/aromatic N) is 1. The molecule has 6 nitrogen and oxygen atoms in total. The fourth-order valence-corrected chi connectivity index (χ4v) is 5.21. The van der Waals surface area contributed by atoms with Crippen LogP contribution >= 0.6 is 0 Å². The Morgan fingerprint density at radius 2 is 2.11 bits per heavy atom. The number of hydrogen-bond donors (Lipinski definition) is 3. The highest BCUT2D eigenvalue weighted by atomic mass is 16.5. The van der Waals surface area contributed by atoms with Crippen molar-refractivity contribution in [2.75, 3.05) is 0 Å². The van der Waals surface area contributed by atoms with Gasteiger partial charge in [0.15, 0.2) is 0 Å². The molecule has 0 unspecified atom stereocenters. The Kier molecular flexibility index (Phi) is 8.79. The van der Waals surface area contributed by atoms with Crippen LogP contribution in [0.25, 0.3) is 0 Å². The van der Waals surface area contributed by atoms with Gasteiger partial charge in [0.25, 0.3) is 0 Å². The molecule has 2 aliphatic rings. The van der Waals surface area contributed by atoms with E-state index in [1.807, 2.05) is 37.3 Å². The fraction of sp³-hybridized carbons (Fsp3) is 0.467. The number of benzene rings is 1. The van der Waals surface area contributed by atoms with Crippen molar-refractivity contribution in [3.63, 3.8) is 0 Å². The van der Waals surface area contributed by atoms with Crippen LogP contribution in [-0.2, 0) is 17.8 Å². The van der Waals surface area contributed by atoms with E-state index in [1.54, 1.807) is 19.3 Å². The zero-order valence-electron chi connectivity index (χ0n) is 21.1. The Morgan fingerprint density at radius 3 is 2.89 bits per heavy atom. The number of ether oxygens (including phenoxy) is 1. The Labute approximate surface area is 213 Å². The van der Waals surface area contributed by atoms with E-state index >= 15 is 0 Å². The minimum Gasteiger partial charge on any atom is -0.489 e. The lowest BCUT2D eigenvalue weighted by atomic mass is 9.86. The summed E-state index contributed by atoms with van der Waals surface area (Å²) in [7, 11) is 0. The predicted molar refractivity (Wildman–Crippen MR) is 139 cm³/mol. The van der Waals surface area contributed by atoms with Crippen LogP contribution in [0.15, 0.2) is 54.9 Å². The molecule has 190 valence electrons. The standard InChI is InChI=1S/C30H36N2O4/c1-3-4-7-20(2)25(33)13-12-23-26(34)18-27-29(23)24-10-5-8-22(30(24)36-27)9-6-11-28(35)32-19-21-14-16-31-17-15-21/h5,8,10,12-17,20,23,25-27,29,33-34H,6-7,9,11,18-19H2,1-2H3,(H,32,35)/t20-,23+,25-,26-,27+,29+/m1/s1. The van der Waals surface area contributed by atoms with Gasteiger partial charge in [0, 0.05) is 55.6 Å². The van der Waals surface area contributed by atoms with E-state index in [4.69, 9.17) is 4.74 Å². The number of aliphatic hydroxyl groups excluding tert-OH is 2. The van der Waals surface area contributed by atoms with E-state index in [2.05, 4.69) is 34.3 Å². The molecule has 2 heterocycles. The first-order valence-corrected chi connectivity index (χ1v) is 12.9. The van der Waals surface area contributed by atoms with E-state index in [1.165, 1.54) is 0 Å². The average Bonchev–Trinajstić information content (AvgIpc) is 3.40. The van der Waals surface area contributed by atoms with E-state index in [0.29, 0.717) is 25.8 Å². The molecule has 2 aromatic rings. The highest BCUT2D eigenvalue weighted by molar-refractivity contribution is 5.75. The molecule has 4 rings (SSSR count). The summed E-state index contributed by atoms with van der Waals surface area (Å²) in [5.74, 6) is 6.81. The van der Waals surface area contributed by atoms with E-state index in [-0.39, 0.29) is 29.8 Å². The van der Waals surface area contributed by atoms with Gasteiger partial charge in [-0.25, -0.2) is 0 Å². The molecule has 0 bridgehead atoms. The highest BCUT2D eigenvalue weighted by Gasteiger charge is 2.48. The summed E-state index contributed by atoms with van der Waals surface area (Å²) in [5, 5.41) is 24.2. The maximum atomic E-state index is 12.3. The van der Waals surface area contributed by atoms with Gasteiger partial charge in [0.1, 0.15) is 11.9 Å². The van der Waals surface area contributed by atoms with Crippen LogP contribution in [0.1, 0.15) is 62.1 Å². The Hall–Kier alpha value is -3.14. The fourth-order valence-electron chi connectivity index (χ4n) is 5.21. The minimum absolute atomic E-state index is 0.0307. The number of amides is 1. The lowest BCUT2D eigenvalue weighted by Crippen LogP contribution is -2.22. The van der Waals surface area contributed by atoms with Gasteiger partial charge in [-0.05, 0) is 48.9 Å². The smallest absolute Gasteiger partial charge is 0.220 e. The average molecular weight is 489 g/mol. The predicted octanol–water partition coefficient (Wildman–Crippen LogP) is 3.91. The quantitative estimate of drug-likeness (QED) is 0.348. The number of fused-ring (bicyclic) bond motifs is 3. The topological polar surface area (TPSA) is 91.7 Å². The minimum atomic E-state index is -0.602. The number of para-hydroxylation sites is 1. The number of aliphatic hydroxyl groups is 2. The lowest BCUT2D eigenvalue weighted by Gasteiger charge is -2.19. The molecule has 0 saturated heterocycles. The molecule has 1 fully saturated rings. The van der Waals surface area contributed by atoms with Gasteiger partial charge >= 0.3 is 0 Å². The third-order valence-corrected chi connectivity index (χ3v) is 7.29. The number of pyridine rings is 1. The number of carbonyl (C=O) groups excluding carboxylic acids is 1. The molecule has 6 atom stereocenters. The van der Waals surface area contributed by atoms with E-state index < -0.39 is 12.2 Å². The number of aryl methyl sites for hydroxylation is 1. The van der Waals surface area contributed by atoms with Gasteiger partial charge in [-0.1, -0.05) is 37.3 Å². The third kappa shape index (κ3) is 6.16. The second kappa shape index (κ2) is 12.2. The Morgan fingerprint density at radius 1 is 1.31 bits per heavy atom. The number of carbonyl (C=O) groups is 1. The molecule has 3 N–H and O–H groups in total. The first kappa shape index (κ1) is 25.9. The molecule has 36 heavy (non-hydrogen) atoms. The maximum Gasteiger partial charge on any atom is 0.220 e. The molecule has 0 spiro atoms. The lowest BCUT2D eigenvalue weighted by molar-refractivity contribution is -0.121. The second-order valence-corrected chi connectivity index (χ2v) is 9.87. The van der Waals surface area contributed by atoms with Crippen LogP contribution in [0.2, 0.25) is 0 Å². The number of nitrogens with one attached hydrogen (secondary N) is 1. The van der Waals surface area contributed by atoms with Crippen LogP contribution in [-0.4, -0.2) is 39.4 Å². The van der Waals surface area contributed by atoms with E-state index in [9.17, 15) is 15.0 Å². The summed E-state index contributed by atoms with van der Waals surface area (Å²) in [4.78, 5) is 16.3. The van der Waals surface area contributed by atoms with Gasteiger partial charge in [-0.3, -0.25) is 9.78 Å². The molecule has 1 aliphatic heterocycles. The van der Waals surface area contributed by atoms with E-state index in [0.717, 1.165) is 35.3 Å². The summed E-state index contributed by atoms with van der Waals surface area (Å²) in [6, 6.07) is 9.97. The molecular formula is C30H36N2O4. The highest BCUT2D eigenvalue weighted by Crippen LogP contribution is 2.52. The van der Waals surface area contributed by atoms with Crippen molar-refractivity contribution in [1.29, 1.82) is 0 Å². The number of hydrogen-bond acceptors (Lipinski definition) is 5. The summed E-state index contributed by atoms with van der Waals surface area (Å²) in [6.45, 7) is 4.28. The molecule has 1 aromatic carbocycles. The Bertz CT molecular complexity index is 1120. The van der Waals surface area contributed by atoms with Gasteiger partial charge in [0.05, 0.1) is 12.2 Å². The molecular weight excluding hydrogens is 452 g/mol. The molecule has 1 amide bonds. The maximum absolute atomic E-state index is 12.3. The van der Waals surface area contributed by atoms with Crippen LogP contribution in [0.5, 0.6) is 5.75 Å². The zero-order valence-corrected chi connectivity index (χ0v) is 21.1. The van der Waals surface area contributed by atoms with Crippen molar-refractivity contribution in [2.45, 2.75) is 76.7 Å². The van der Waals surface area contributed by atoms with Crippen molar-refractivity contribution >= 4 is 5.91 Å². The van der Waals surface area contributed by atoms with Crippen molar-refractivity contribution in [3.8, 4) is 17.6 Å². The summed E-state index contributed by atoms with van der Waals surface area (Å²) in [5.41, 5.74) is 3.25. The van der Waals surface area contributed by atoms with Crippen molar-refractivity contribution < 1.29 is 19.7 Å². The normalized spacial score (nSPS) is 23.8.